The van der Waals surface area contributed by atoms with Crippen LogP contribution >= 0.6 is 11.3 Å². The van der Waals surface area contributed by atoms with Crippen LogP contribution in [0.3, 0.4) is 0 Å². The third kappa shape index (κ3) is 7.52. The molecule has 4 heteroatoms. The smallest absolute Gasteiger partial charge is 0.0673 e. The number of rotatable bonds is 10. The van der Waals surface area contributed by atoms with Crippen LogP contribution in [-0.4, -0.2) is 17.8 Å². The molecule has 2 atom stereocenters. The standard InChI is InChI=1S/C57H43N3S.C2H6/c1-58-50(41-20-10-4-11-21-41)36-51(42-22-12-5-13-23-42)59-37-38-26-30-45(31-27-38)60-52-32-28-43(39-16-6-2-7-17-39)34-48(52)55-56(60)47-25-15-14-24-46(47)54-49-35-44(40-18-8-3-9-19-40)29-33-53(49)61-57(54)55;1-2/h2-30,32-36,45,51,59H,1,31,37H2;1-2H3/b50-36-;. The summed E-state index contributed by atoms with van der Waals surface area (Å²) in [4.78, 5) is 4.44. The quantitative estimate of drug-likeness (QED) is 0.137. The summed E-state index contributed by atoms with van der Waals surface area (Å²) in [7, 11) is 0. The van der Waals surface area contributed by atoms with Gasteiger partial charge < -0.3 is 9.88 Å². The number of fused-ring (bicyclic) bond motifs is 10. The highest BCUT2D eigenvalue weighted by atomic mass is 32.1. The Morgan fingerprint density at radius 3 is 1.92 bits per heavy atom. The molecule has 1 N–H and O–H groups in total. The number of benzene rings is 8. The van der Waals surface area contributed by atoms with Gasteiger partial charge in [0, 0.05) is 48.4 Å². The van der Waals surface area contributed by atoms with E-state index in [9.17, 15) is 0 Å². The van der Waals surface area contributed by atoms with Crippen LogP contribution in [0.4, 0.5) is 0 Å². The molecule has 2 unspecified atom stereocenters. The van der Waals surface area contributed by atoms with Crippen molar-refractivity contribution in [2.45, 2.75) is 32.4 Å². The Bertz CT molecular complexity index is 3340. The van der Waals surface area contributed by atoms with E-state index in [1.807, 2.05) is 43.4 Å². The van der Waals surface area contributed by atoms with Gasteiger partial charge in [-0.3, -0.25) is 4.99 Å². The minimum atomic E-state index is -0.0380. The summed E-state index contributed by atoms with van der Waals surface area (Å²) in [5.41, 5.74) is 11.9. The average Bonchev–Trinajstić information content (AvgIpc) is 3.92. The lowest BCUT2D eigenvalue weighted by Gasteiger charge is -2.23. The Balaban J connectivity index is 0.00000232. The van der Waals surface area contributed by atoms with Gasteiger partial charge in [-0.15, -0.1) is 11.3 Å². The molecular formula is C59H49N3S. The molecule has 2 heterocycles. The van der Waals surface area contributed by atoms with Crippen LogP contribution in [0.5, 0.6) is 0 Å². The van der Waals surface area contributed by atoms with Crippen LogP contribution in [0.15, 0.2) is 217 Å². The normalized spacial score (nSPS) is 14.5. The highest BCUT2D eigenvalue weighted by Gasteiger charge is 2.25. The van der Waals surface area contributed by atoms with Gasteiger partial charge in [0.1, 0.15) is 0 Å². The van der Waals surface area contributed by atoms with Crippen molar-refractivity contribution in [3.8, 4) is 22.3 Å². The van der Waals surface area contributed by atoms with E-state index in [4.69, 9.17) is 0 Å². The van der Waals surface area contributed by atoms with Crippen LogP contribution in [0, 0.1) is 0 Å². The van der Waals surface area contributed by atoms with Crippen LogP contribution in [0.2, 0.25) is 0 Å². The predicted molar refractivity (Wildman–Crippen MR) is 274 cm³/mol. The molecule has 3 nitrogen and oxygen atoms in total. The Kier molecular flexibility index (Phi) is 11.2. The fraction of sp³-hybridized carbons (Fsp3) is 0.102. The molecular weight excluding hydrogens is 783 g/mol. The molecule has 10 aromatic rings. The van der Waals surface area contributed by atoms with E-state index >= 15 is 0 Å². The van der Waals surface area contributed by atoms with Crippen molar-refractivity contribution in [3.05, 3.63) is 223 Å². The number of hydrogen-bond donors (Lipinski definition) is 1. The van der Waals surface area contributed by atoms with Crippen LogP contribution in [0.25, 0.3) is 80.7 Å². The van der Waals surface area contributed by atoms with Gasteiger partial charge in [0.15, 0.2) is 0 Å². The van der Waals surface area contributed by atoms with Gasteiger partial charge >= 0.3 is 0 Å². The van der Waals surface area contributed by atoms with Crippen LogP contribution in [-0.2, 0) is 0 Å². The SMILES string of the molecule is C=N/C(=C\C(NCC1=CCC(n2c3ccc(-c4ccccc4)cc3c3c4sc5ccc(-c6ccccc6)cc5c4c4ccccc4c32)C=C1)c1ccccc1)c1ccccc1.CC. The summed E-state index contributed by atoms with van der Waals surface area (Å²) in [6, 6.07) is 65.8. The fourth-order valence-corrected chi connectivity index (χ4v) is 10.6. The van der Waals surface area contributed by atoms with E-state index in [2.05, 4.69) is 210 Å². The van der Waals surface area contributed by atoms with Crippen LogP contribution < -0.4 is 5.32 Å². The molecule has 63 heavy (non-hydrogen) atoms. The molecule has 0 aliphatic heterocycles. The molecule has 11 rings (SSSR count). The van der Waals surface area contributed by atoms with E-state index in [0.717, 1.165) is 24.2 Å². The molecule has 0 saturated heterocycles. The summed E-state index contributed by atoms with van der Waals surface area (Å²) < 4.78 is 5.30. The number of aromatic nitrogens is 1. The average molecular weight is 832 g/mol. The maximum Gasteiger partial charge on any atom is 0.0673 e. The first-order chi connectivity index (χ1) is 31.2. The first kappa shape index (κ1) is 40.0. The fourth-order valence-electron chi connectivity index (χ4n) is 9.37. The molecule has 306 valence electrons. The van der Waals surface area contributed by atoms with Crippen molar-refractivity contribution in [1.29, 1.82) is 0 Å². The highest BCUT2D eigenvalue weighted by molar-refractivity contribution is 7.27. The number of nitrogens with zero attached hydrogens (tertiary/aromatic N) is 2. The van der Waals surface area contributed by atoms with Gasteiger partial charge in [-0.2, -0.15) is 0 Å². The molecule has 0 bridgehead atoms. The highest BCUT2D eigenvalue weighted by Crippen LogP contribution is 2.49. The van der Waals surface area contributed by atoms with E-state index < -0.39 is 0 Å². The van der Waals surface area contributed by atoms with Crippen molar-refractivity contribution in [2.75, 3.05) is 6.54 Å². The monoisotopic (exact) mass is 831 g/mol. The number of allylic oxidation sites excluding steroid dienone is 2. The molecule has 2 aromatic heterocycles. The van der Waals surface area contributed by atoms with Crippen molar-refractivity contribution in [1.82, 2.24) is 9.88 Å². The number of thiophene rings is 1. The minimum absolute atomic E-state index is 0.0380. The van der Waals surface area contributed by atoms with Crippen molar-refractivity contribution in [3.63, 3.8) is 0 Å². The zero-order valence-corrected chi connectivity index (χ0v) is 36.5. The Hall–Kier alpha value is -7.11. The molecule has 0 amide bonds. The Morgan fingerprint density at radius 1 is 0.667 bits per heavy atom. The topological polar surface area (TPSA) is 29.3 Å². The van der Waals surface area contributed by atoms with E-state index in [1.165, 1.54) is 86.1 Å². The van der Waals surface area contributed by atoms with Gasteiger partial charge in [0.25, 0.3) is 0 Å². The molecule has 1 aliphatic carbocycles. The van der Waals surface area contributed by atoms with E-state index in [0.29, 0.717) is 0 Å². The minimum Gasteiger partial charge on any atom is -0.333 e. The van der Waals surface area contributed by atoms with Gasteiger partial charge in [0.2, 0.25) is 0 Å². The van der Waals surface area contributed by atoms with Crippen molar-refractivity contribution < 1.29 is 0 Å². The van der Waals surface area contributed by atoms with E-state index in [-0.39, 0.29) is 12.1 Å². The largest absolute Gasteiger partial charge is 0.333 e. The summed E-state index contributed by atoms with van der Waals surface area (Å²) >= 11 is 1.93. The first-order valence-electron chi connectivity index (χ1n) is 22.1. The van der Waals surface area contributed by atoms with Gasteiger partial charge in [-0.25, -0.2) is 0 Å². The van der Waals surface area contributed by atoms with Gasteiger partial charge in [0.05, 0.1) is 23.3 Å². The zero-order valence-electron chi connectivity index (χ0n) is 35.7. The molecule has 0 saturated carbocycles. The number of hydrogen-bond acceptors (Lipinski definition) is 3. The number of aliphatic imine (C=N–C) groups is 1. The third-order valence-corrected chi connectivity index (χ3v) is 13.5. The summed E-state index contributed by atoms with van der Waals surface area (Å²) in [6.45, 7) is 8.65. The summed E-state index contributed by atoms with van der Waals surface area (Å²) in [5, 5.41) is 11.8. The third-order valence-electron chi connectivity index (χ3n) is 12.3. The summed E-state index contributed by atoms with van der Waals surface area (Å²) in [5.74, 6) is 0. The number of nitrogens with one attached hydrogen (secondary N) is 1. The second kappa shape index (κ2) is 17.7. The molecule has 8 aromatic carbocycles. The lowest BCUT2D eigenvalue weighted by Crippen LogP contribution is -2.23. The van der Waals surface area contributed by atoms with Gasteiger partial charge in [-0.05, 0) is 87.8 Å². The molecule has 1 aliphatic rings. The predicted octanol–water partition coefficient (Wildman–Crippen LogP) is 16.2. The van der Waals surface area contributed by atoms with Gasteiger partial charge in [-0.1, -0.05) is 190 Å². The maximum absolute atomic E-state index is 4.44. The lowest BCUT2D eigenvalue weighted by atomic mass is 9.97. The summed E-state index contributed by atoms with van der Waals surface area (Å²) in [6.07, 6.45) is 10.3. The second-order valence-electron chi connectivity index (χ2n) is 15.9. The molecule has 0 fully saturated rings. The van der Waals surface area contributed by atoms with Crippen LogP contribution in [0.1, 0.15) is 43.5 Å². The van der Waals surface area contributed by atoms with Crippen molar-refractivity contribution in [2.24, 2.45) is 4.99 Å². The molecule has 0 radical (unpaired) electrons. The first-order valence-corrected chi connectivity index (χ1v) is 22.9. The van der Waals surface area contributed by atoms with E-state index in [1.54, 1.807) is 0 Å². The zero-order chi connectivity index (χ0) is 42.7. The Morgan fingerprint density at radius 2 is 1.27 bits per heavy atom. The maximum atomic E-state index is 4.44. The molecule has 0 spiro atoms. The van der Waals surface area contributed by atoms with Crippen molar-refractivity contribution >= 4 is 76.5 Å². The lowest BCUT2D eigenvalue weighted by molar-refractivity contribution is 0.628. The second-order valence-corrected chi connectivity index (χ2v) is 17.0. The Labute approximate surface area is 373 Å².